The minimum Gasteiger partial charge on any atom is -0.374 e. The SMILES string of the molecule is CCCN1CCC(CC(=O)N[C@@H](C)c2nnc(N)s2)CC1. The van der Waals surface area contributed by atoms with E-state index in [1.165, 1.54) is 24.3 Å². The van der Waals surface area contributed by atoms with Gasteiger partial charge in [0, 0.05) is 6.42 Å². The number of nitrogens with zero attached hydrogens (tertiary/aromatic N) is 3. The summed E-state index contributed by atoms with van der Waals surface area (Å²) in [5.74, 6) is 0.606. The van der Waals surface area contributed by atoms with Gasteiger partial charge < -0.3 is 16.0 Å². The van der Waals surface area contributed by atoms with Crippen LogP contribution in [0.25, 0.3) is 0 Å². The van der Waals surface area contributed by atoms with Crippen LogP contribution in [0, 0.1) is 5.92 Å². The molecule has 1 aromatic heterocycles. The van der Waals surface area contributed by atoms with E-state index in [4.69, 9.17) is 5.73 Å². The Morgan fingerprint density at radius 1 is 1.48 bits per heavy atom. The van der Waals surface area contributed by atoms with Crippen LogP contribution in [-0.4, -0.2) is 40.6 Å². The molecule has 1 aromatic rings. The summed E-state index contributed by atoms with van der Waals surface area (Å²) >= 11 is 1.32. The molecular formula is C14H25N5OS. The summed E-state index contributed by atoms with van der Waals surface area (Å²) in [5.41, 5.74) is 5.56. The van der Waals surface area contributed by atoms with Crippen molar-refractivity contribution >= 4 is 22.4 Å². The summed E-state index contributed by atoms with van der Waals surface area (Å²) in [6, 6.07) is -0.118. The van der Waals surface area contributed by atoms with Gasteiger partial charge in [0.05, 0.1) is 6.04 Å². The standard InChI is InChI=1S/C14H25N5OS/c1-3-6-19-7-4-11(5-8-19)9-12(20)16-10(2)13-17-18-14(15)21-13/h10-11H,3-9H2,1-2H3,(H2,15,18)(H,16,20)/t10-/m0/s1. The molecule has 0 saturated carbocycles. The molecule has 1 saturated heterocycles. The Hall–Kier alpha value is -1.21. The van der Waals surface area contributed by atoms with Gasteiger partial charge in [-0.05, 0) is 51.7 Å². The first-order chi connectivity index (χ1) is 10.1. The van der Waals surface area contributed by atoms with E-state index < -0.39 is 0 Å². The van der Waals surface area contributed by atoms with Crippen LogP contribution in [-0.2, 0) is 4.79 Å². The molecule has 0 spiro atoms. The molecule has 1 amide bonds. The lowest BCUT2D eigenvalue weighted by Gasteiger charge is -2.31. The van der Waals surface area contributed by atoms with Gasteiger partial charge in [-0.2, -0.15) is 0 Å². The van der Waals surface area contributed by atoms with Gasteiger partial charge >= 0.3 is 0 Å². The van der Waals surface area contributed by atoms with Crippen LogP contribution in [0.2, 0.25) is 0 Å². The van der Waals surface area contributed by atoms with Crippen LogP contribution in [0.5, 0.6) is 0 Å². The van der Waals surface area contributed by atoms with E-state index in [-0.39, 0.29) is 11.9 Å². The van der Waals surface area contributed by atoms with E-state index in [1.807, 2.05) is 6.92 Å². The first kappa shape index (κ1) is 16.2. The van der Waals surface area contributed by atoms with Gasteiger partial charge in [-0.25, -0.2) is 0 Å². The molecule has 7 heteroatoms. The predicted octanol–water partition coefficient (Wildman–Crippen LogP) is 1.81. The van der Waals surface area contributed by atoms with Gasteiger partial charge in [0.15, 0.2) is 0 Å². The largest absolute Gasteiger partial charge is 0.374 e. The van der Waals surface area contributed by atoms with Crippen LogP contribution in [0.15, 0.2) is 0 Å². The summed E-state index contributed by atoms with van der Waals surface area (Å²) in [7, 11) is 0. The third-order valence-corrected chi connectivity index (χ3v) is 4.86. The highest BCUT2D eigenvalue weighted by atomic mass is 32.1. The molecule has 1 aliphatic rings. The van der Waals surface area contributed by atoms with Crippen LogP contribution in [0.3, 0.4) is 0 Å². The number of anilines is 1. The van der Waals surface area contributed by atoms with Crippen molar-refractivity contribution in [2.45, 2.75) is 45.6 Å². The minimum absolute atomic E-state index is 0.102. The molecule has 0 radical (unpaired) electrons. The molecular weight excluding hydrogens is 286 g/mol. The van der Waals surface area contributed by atoms with E-state index in [1.54, 1.807) is 0 Å². The molecule has 118 valence electrons. The molecule has 1 aliphatic heterocycles. The van der Waals surface area contributed by atoms with Crippen molar-refractivity contribution in [3.63, 3.8) is 0 Å². The number of aromatic nitrogens is 2. The topological polar surface area (TPSA) is 84.1 Å². The molecule has 21 heavy (non-hydrogen) atoms. The number of nitrogen functional groups attached to an aromatic ring is 1. The van der Waals surface area contributed by atoms with Crippen LogP contribution < -0.4 is 11.1 Å². The number of hydrogen-bond acceptors (Lipinski definition) is 6. The van der Waals surface area contributed by atoms with Gasteiger partial charge in [0.2, 0.25) is 11.0 Å². The third kappa shape index (κ3) is 4.93. The minimum atomic E-state index is -0.118. The van der Waals surface area contributed by atoms with Crippen molar-refractivity contribution in [2.24, 2.45) is 5.92 Å². The van der Waals surface area contributed by atoms with Crippen molar-refractivity contribution in [1.29, 1.82) is 0 Å². The second kappa shape index (κ2) is 7.70. The fraction of sp³-hybridized carbons (Fsp3) is 0.786. The number of carbonyl (C=O) groups excluding carboxylic acids is 1. The van der Waals surface area contributed by atoms with E-state index in [0.717, 1.165) is 30.9 Å². The number of piperidine rings is 1. The Morgan fingerprint density at radius 3 is 2.76 bits per heavy atom. The summed E-state index contributed by atoms with van der Waals surface area (Å²) in [4.78, 5) is 14.6. The molecule has 3 N–H and O–H groups in total. The van der Waals surface area contributed by atoms with Crippen molar-refractivity contribution in [3.05, 3.63) is 5.01 Å². The monoisotopic (exact) mass is 311 g/mol. The van der Waals surface area contributed by atoms with Crippen molar-refractivity contribution in [3.8, 4) is 0 Å². The summed E-state index contributed by atoms with van der Waals surface area (Å²) < 4.78 is 0. The number of hydrogen-bond donors (Lipinski definition) is 2. The number of likely N-dealkylation sites (tertiary alicyclic amines) is 1. The lowest BCUT2D eigenvalue weighted by atomic mass is 9.93. The second-order valence-electron chi connectivity index (χ2n) is 5.76. The van der Waals surface area contributed by atoms with Crippen molar-refractivity contribution < 1.29 is 4.79 Å². The second-order valence-corrected chi connectivity index (χ2v) is 6.80. The zero-order valence-electron chi connectivity index (χ0n) is 12.8. The summed E-state index contributed by atoms with van der Waals surface area (Å²) in [5, 5.41) is 11.9. The Bertz CT molecular complexity index is 456. The highest BCUT2D eigenvalue weighted by Crippen LogP contribution is 2.22. The number of rotatable bonds is 6. The zero-order valence-corrected chi connectivity index (χ0v) is 13.7. The van der Waals surface area contributed by atoms with Gasteiger partial charge in [0.1, 0.15) is 5.01 Å². The Labute approximate surface area is 130 Å². The van der Waals surface area contributed by atoms with E-state index >= 15 is 0 Å². The molecule has 2 rings (SSSR count). The van der Waals surface area contributed by atoms with Gasteiger partial charge in [-0.3, -0.25) is 4.79 Å². The van der Waals surface area contributed by atoms with Gasteiger partial charge in [-0.1, -0.05) is 18.3 Å². The van der Waals surface area contributed by atoms with Crippen LogP contribution in [0.4, 0.5) is 5.13 Å². The van der Waals surface area contributed by atoms with Crippen molar-refractivity contribution in [2.75, 3.05) is 25.4 Å². The molecule has 0 unspecified atom stereocenters. The Balaban J connectivity index is 1.72. The average Bonchev–Trinajstić information content (AvgIpc) is 2.88. The summed E-state index contributed by atoms with van der Waals surface area (Å²) in [6.45, 7) is 7.54. The lowest BCUT2D eigenvalue weighted by Crippen LogP contribution is -2.36. The van der Waals surface area contributed by atoms with Crippen LogP contribution >= 0.6 is 11.3 Å². The van der Waals surface area contributed by atoms with Gasteiger partial charge in [-0.15, -0.1) is 10.2 Å². The van der Waals surface area contributed by atoms with E-state index in [0.29, 0.717) is 17.5 Å². The normalized spacial score (nSPS) is 18.6. The van der Waals surface area contributed by atoms with Crippen molar-refractivity contribution in [1.82, 2.24) is 20.4 Å². The smallest absolute Gasteiger partial charge is 0.220 e. The number of amides is 1. The zero-order chi connectivity index (χ0) is 15.2. The number of nitrogens with one attached hydrogen (secondary N) is 1. The average molecular weight is 311 g/mol. The lowest BCUT2D eigenvalue weighted by molar-refractivity contribution is -0.123. The third-order valence-electron chi connectivity index (χ3n) is 3.93. The number of carbonyl (C=O) groups is 1. The predicted molar refractivity (Wildman–Crippen MR) is 85.0 cm³/mol. The molecule has 2 heterocycles. The fourth-order valence-corrected chi connectivity index (χ4v) is 3.39. The first-order valence-electron chi connectivity index (χ1n) is 7.69. The van der Waals surface area contributed by atoms with E-state index in [9.17, 15) is 4.79 Å². The Morgan fingerprint density at radius 2 is 2.19 bits per heavy atom. The van der Waals surface area contributed by atoms with E-state index in [2.05, 4.69) is 27.3 Å². The molecule has 6 nitrogen and oxygen atoms in total. The number of nitrogens with two attached hydrogens (primary N) is 1. The first-order valence-corrected chi connectivity index (χ1v) is 8.50. The highest BCUT2D eigenvalue weighted by molar-refractivity contribution is 7.15. The van der Waals surface area contributed by atoms with Crippen LogP contribution in [0.1, 0.15) is 50.6 Å². The maximum Gasteiger partial charge on any atom is 0.220 e. The molecule has 1 fully saturated rings. The molecule has 0 aromatic carbocycles. The molecule has 0 bridgehead atoms. The fourth-order valence-electron chi connectivity index (χ4n) is 2.78. The summed E-state index contributed by atoms with van der Waals surface area (Å²) in [6.07, 6.45) is 4.05. The quantitative estimate of drug-likeness (QED) is 0.837. The molecule has 0 aliphatic carbocycles. The van der Waals surface area contributed by atoms with Gasteiger partial charge in [0.25, 0.3) is 0 Å². The highest BCUT2D eigenvalue weighted by Gasteiger charge is 2.22. The maximum absolute atomic E-state index is 12.1. The maximum atomic E-state index is 12.1. The molecule has 1 atom stereocenters. The Kier molecular flexibility index (Phi) is 5.93.